The predicted molar refractivity (Wildman–Crippen MR) is 89.6 cm³/mol. The fourth-order valence-electron chi connectivity index (χ4n) is 3.86. The van der Waals surface area contributed by atoms with Gasteiger partial charge in [-0.1, -0.05) is 18.2 Å². The van der Waals surface area contributed by atoms with E-state index in [1.54, 1.807) is 0 Å². The molecule has 3 aliphatic rings. The summed E-state index contributed by atoms with van der Waals surface area (Å²) in [7, 11) is 0. The van der Waals surface area contributed by atoms with E-state index in [4.69, 9.17) is 0 Å². The van der Waals surface area contributed by atoms with Gasteiger partial charge in [-0.15, -0.1) is 10.2 Å². The molecule has 2 saturated carbocycles. The molecule has 0 saturated heterocycles. The second-order valence-corrected chi connectivity index (χ2v) is 7.86. The molecule has 0 spiro atoms. The van der Waals surface area contributed by atoms with Gasteiger partial charge in [0.2, 0.25) is 0 Å². The molecule has 0 unspecified atom stereocenters. The molecule has 1 aromatic heterocycles. The summed E-state index contributed by atoms with van der Waals surface area (Å²) in [6.45, 7) is 4.87. The first-order valence-electron chi connectivity index (χ1n) is 8.92. The summed E-state index contributed by atoms with van der Waals surface area (Å²) in [5, 5.41) is 9.10. The van der Waals surface area contributed by atoms with Crippen molar-refractivity contribution in [2.45, 2.75) is 63.6 Å². The minimum absolute atomic E-state index is 0.105. The molecule has 0 bridgehead atoms. The molecule has 2 fully saturated rings. The Labute approximate surface area is 141 Å². The number of nitrogens with zero attached hydrogens (tertiary/aromatic N) is 4. The molecule has 2 heterocycles. The van der Waals surface area contributed by atoms with E-state index in [2.05, 4.69) is 28.6 Å². The Morgan fingerprint density at radius 2 is 1.83 bits per heavy atom. The number of carbonyl (C=O) groups is 1. The van der Waals surface area contributed by atoms with Crippen LogP contribution in [-0.2, 0) is 12.1 Å². The van der Waals surface area contributed by atoms with Crippen LogP contribution >= 0.6 is 0 Å². The third-order valence-corrected chi connectivity index (χ3v) is 5.62. The molecule has 2 aromatic rings. The smallest absolute Gasteiger partial charge is 0.255 e. The lowest BCUT2D eigenvalue weighted by atomic mass is 10.0. The lowest BCUT2D eigenvalue weighted by molar-refractivity contribution is 0.0539. The van der Waals surface area contributed by atoms with Gasteiger partial charge in [0.25, 0.3) is 5.91 Å². The number of hydrogen-bond donors (Lipinski definition) is 0. The summed E-state index contributed by atoms with van der Waals surface area (Å²) in [5.41, 5.74) is 1.47. The van der Waals surface area contributed by atoms with Crippen molar-refractivity contribution < 1.29 is 4.79 Å². The number of aromatic nitrogens is 3. The van der Waals surface area contributed by atoms with Gasteiger partial charge in [-0.3, -0.25) is 4.79 Å². The van der Waals surface area contributed by atoms with E-state index in [9.17, 15) is 4.79 Å². The second-order valence-electron chi connectivity index (χ2n) is 7.86. The number of rotatable bonds is 4. The van der Waals surface area contributed by atoms with Crippen molar-refractivity contribution in [2.24, 2.45) is 0 Å². The fraction of sp³-hybridized carbons (Fsp3) is 0.526. The molecule has 1 aliphatic heterocycles. The van der Waals surface area contributed by atoms with E-state index >= 15 is 0 Å². The van der Waals surface area contributed by atoms with Crippen LogP contribution in [0.25, 0.3) is 0 Å². The third kappa shape index (κ3) is 1.96. The SMILES string of the molecule is CC(C)(c1nnc(C2CC2)n1C1CC1)N1Cc2ccccc2C1=O. The van der Waals surface area contributed by atoms with Crippen molar-refractivity contribution >= 4 is 5.91 Å². The molecule has 1 aromatic carbocycles. The quantitative estimate of drug-likeness (QED) is 0.867. The second kappa shape index (κ2) is 4.68. The number of carbonyl (C=O) groups excluding carboxylic acids is 1. The fourth-order valence-corrected chi connectivity index (χ4v) is 3.86. The highest BCUT2D eigenvalue weighted by Gasteiger charge is 2.45. The lowest BCUT2D eigenvalue weighted by Gasteiger charge is -2.35. The maximum absolute atomic E-state index is 12.9. The van der Waals surface area contributed by atoms with Crippen molar-refractivity contribution in [3.63, 3.8) is 0 Å². The molecule has 0 N–H and O–H groups in total. The molecular weight excluding hydrogens is 300 g/mol. The minimum atomic E-state index is -0.459. The van der Waals surface area contributed by atoms with Crippen LogP contribution in [-0.4, -0.2) is 25.6 Å². The van der Waals surface area contributed by atoms with Crippen LogP contribution < -0.4 is 0 Å². The number of hydrogen-bond acceptors (Lipinski definition) is 3. The minimum Gasteiger partial charge on any atom is -0.322 e. The molecule has 5 heteroatoms. The zero-order chi connectivity index (χ0) is 16.5. The molecule has 24 heavy (non-hydrogen) atoms. The summed E-state index contributed by atoms with van der Waals surface area (Å²) >= 11 is 0. The summed E-state index contributed by atoms with van der Waals surface area (Å²) in [6, 6.07) is 8.44. The van der Waals surface area contributed by atoms with Crippen LogP contribution in [0, 0.1) is 0 Å². The average molecular weight is 322 g/mol. The van der Waals surface area contributed by atoms with Gasteiger partial charge in [0, 0.05) is 24.1 Å². The topological polar surface area (TPSA) is 51.0 Å². The highest BCUT2D eigenvalue weighted by atomic mass is 16.2. The van der Waals surface area contributed by atoms with Crippen molar-refractivity contribution in [2.75, 3.05) is 0 Å². The van der Waals surface area contributed by atoms with E-state index in [-0.39, 0.29) is 5.91 Å². The van der Waals surface area contributed by atoms with Crippen LogP contribution in [0.2, 0.25) is 0 Å². The van der Waals surface area contributed by atoms with E-state index in [1.807, 2.05) is 29.2 Å². The van der Waals surface area contributed by atoms with Crippen molar-refractivity contribution in [1.29, 1.82) is 0 Å². The first-order valence-corrected chi connectivity index (χ1v) is 8.92. The Kier molecular flexibility index (Phi) is 2.77. The maximum atomic E-state index is 12.9. The van der Waals surface area contributed by atoms with Gasteiger partial charge in [0.15, 0.2) is 5.82 Å². The van der Waals surface area contributed by atoms with Crippen molar-refractivity contribution in [1.82, 2.24) is 19.7 Å². The van der Waals surface area contributed by atoms with Gasteiger partial charge in [-0.25, -0.2) is 0 Å². The van der Waals surface area contributed by atoms with Gasteiger partial charge >= 0.3 is 0 Å². The lowest BCUT2D eigenvalue weighted by Crippen LogP contribution is -2.43. The summed E-state index contributed by atoms with van der Waals surface area (Å²) in [6.07, 6.45) is 4.85. The van der Waals surface area contributed by atoms with Crippen LogP contribution in [0.15, 0.2) is 24.3 Å². The predicted octanol–water partition coefficient (Wildman–Crippen LogP) is 3.38. The van der Waals surface area contributed by atoms with Gasteiger partial charge in [-0.2, -0.15) is 0 Å². The molecular formula is C19H22N4O. The third-order valence-electron chi connectivity index (χ3n) is 5.62. The number of amides is 1. The van der Waals surface area contributed by atoms with Gasteiger partial charge in [0.05, 0.1) is 5.54 Å². The molecule has 0 atom stereocenters. The van der Waals surface area contributed by atoms with E-state index in [0.717, 1.165) is 22.8 Å². The van der Waals surface area contributed by atoms with Crippen LogP contribution in [0.1, 0.15) is 79.1 Å². The van der Waals surface area contributed by atoms with E-state index in [0.29, 0.717) is 18.5 Å². The Morgan fingerprint density at radius 1 is 1.08 bits per heavy atom. The molecule has 2 aliphatic carbocycles. The van der Waals surface area contributed by atoms with Gasteiger partial charge in [0.1, 0.15) is 5.82 Å². The molecule has 0 radical (unpaired) electrons. The highest BCUT2D eigenvalue weighted by molar-refractivity contribution is 5.98. The summed E-state index contributed by atoms with van der Waals surface area (Å²) < 4.78 is 2.36. The standard InChI is InChI=1S/C19H22N4O/c1-19(2,22-11-13-5-3-4-6-15(13)17(22)24)18-21-20-16(12-7-8-12)23(18)14-9-10-14/h3-6,12,14H,7-11H2,1-2H3. The average Bonchev–Trinajstić information content (AvgIpc) is 3.51. The maximum Gasteiger partial charge on any atom is 0.255 e. The monoisotopic (exact) mass is 322 g/mol. The molecule has 124 valence electrons. The Bertz CT molecular complexity index is 830. The molecule has 5 rings (SSSR count). The zero-order valence-electron chi connectivity index (χ0n) is 14.2. The summed E-state index contributed by atoms with van der Waals surface area (Å²) in [4.78, 5) is 14.9. The number of fused-ring (bicyclic) bond motifs is 1. The zero-order valence-corrected chi connectivity index (χ0v) is 14.2. The van der Waals surface area contributed by atoms with Crippen LogP contribution in [0.4, 0.5) is 0 Å². The van der Waals surface area contributed by atoms with E-state index < -0.39 is 5.54 Å². The Balaban J connectivity index is 1.56. The highest BCUT2D eigenvalue weighted by Crippen LogP contribution is 2.47. The van der Waals surface area contributed by atoms with E-state index in [1.165, 1.54) is 25.7 Å². The van der Waals surface area contributed by atoms with Gasteiger partial charge in [-0.05, 0) is 51.2 Å². The van der Waals surface area contributed by atoms with Crippen LogP contribution in [0.3, 0.4) is 0 Å². The first-order chi connectivity index (χ1) is 11.6. The van der Waals surface area contributed by atoms with Gasteiger partial charge < -0.3 is 9.47 Å². The Morgan fingerprint density at radius 3 is 2.50 bits per heavy atom. The van der Waals surface area contributed by atoms with Crippen LogP contribution in [0.5, 0.6) is 0 Å². The Hall–Kier alpha value is -2.17. The largest absolute Gasteiger partial charge is 0.322 e. The molecule has 1 amide bonds. The summed E-state index contributed by atoms with van der Waals surface area (Å²) in [5.74, 6) is 2.78. The first kappa shape index (κ1) is 14.2. The molecule has 5 nitrogen and oxygen atoms in total. The van der Waals surface area contributed by atoms with Crippen molar-refractivity contribution in [3.05, 3.63) is 47.0 Å². The number of benzene rings is 1. The normalized spacial score (nSPS) is 20.6. The van der Waals surface area contributed by atoms with Crippen molar-refractivity contribution in [3.8, 4) is 0 Å².